The molecule has 0 atom stereocenters. The van der Waals surface area contributed by atoms with Crippen molar-refractivity contribution in [2.45, 2.75) is 37.7 Å². The molecule has 0 spiro atoms. The number of nitrogens with zero attached hydrogens (tertiary/aromatic N) is 5. The first-order chi connectivity index (χ1) is 18.3. The Morgan fingerprint density at radius 3 is 2.49 bits per heavy atom. The van der Waals surface area contributed by atoms with Gasteiger partial charge >= 0.3 is 18.0 Å². The van der Waals surface area contributed by atoms with Gasteiger partial charge in [-0.25, -0.2) is 14.5 Å². The number of H-pyrrole nitrogens is 2. The van der Waals surface area contributed by atoms with Crippen LogP contribution in [0.4, 0.5) is 26.3 Å². The van der Waals surface area contributed by atoms with Gasteiger partial charge in [-0.2, -0.15) is 31.4 Å². The third-order valence-electron chi connectivity index (χ3n) is 5.77. The van der Waals surface area contributed by atoms with E-state index in [4.69, 9.17) is 0 Å². The summed E-state index contributed by atoms with van der Waals surface area (Å²) in [7, 11) is 1.70. The minimum absolute atomic E-state index is 0.315. The van der Waals surface area contributed by atoms with E-state index >= 15 is 0 Å². The molecule has 4 aromatic rings. The molecule has 0 bridgehead atoms. The van der Waals surface area contributed by atoms with Crippen molar-refractivity contribution in [3.05, 3.63) is 80.8 Å². The predicted octanol–water partition coefficient (Wildman–Crippen LogP) is 4.05. The van der Waals surface area contributed by atoms with Gasteiger partial charge in [0.2, 0.25) is 0 Å². The third kappa shape index (κ3) is 6.18. The Bertz CT molecular complexity index is 1710. The molecule has 206 valence electrons. The molecule has 1 aliphatic rings. The van der Waals surface area contributed by atoms with Crippen molar-refractivity contribution in [3.63, 3.8) is 0 Å². The number of halogens is 6. The number of hydrogen-bond donors (Lipinski definition) is 2. The van der Waals surface area contributed by atoms with Crippen LogP contribution in [0, 0.1) is 0 Å². The molecule has 9 nitrogen and oxygen atoms in total. The van der Waals surface area contributed by atoms with E-state index in [1.54, 1.807) is 17.9 Å². The Morgan fingerprint density at radius 1 is 1.21 bits per heavy atom. The summed E-state index contributed by atoms with van der Waals surface area (Å²) in [6.45, 7) is 2.23. The Kier molecular flexibility index (Phi) is 7.35. The molecule has 5 rings (SSSR count). The van der Waals surface area contributed by atoms with Gasteiger partial charge in [0.15, 0.2) is 5.49 Å². The summed E-state index contributed by atoms with van der Waals surface area (Å²) in [5, 5.41) is 4.02. The van der Waals surface area contributed by atoms with Crippen molar-refractivity contribution >= 4 is 17.2 Å². The molecule has 39 heavy (non-hydrogen) atoms. The van der Waals surface area contributed by atoms with Gasteiger partial charge in [-0.15, -0.1) is 0 Å². The number of fused-ring (bicyclic) bond motifs is 1. The lowest BCUT2D eigenvalue weighted by Gasteiger charge is -2.09. The lowest BCUT2D eigenvalue weighted by atomic mass is 10.1. The summed E-state index contributed by atoms with van der Waals surface area (Å²) < 4.78 is 76.7. The first-order valence-electron chi connectivity index (χ1n) is 11.4. The van der Waals surface area contributed by atoms with E-state index in [9.17, 15) is 35.9 Å². The maximum atomic E-state index is 12.6. The third-order valence-corrected chi connectivity index (χ3v) is 5.77. The smallest absolute Gasteiger partial charge is 0.323 e. The fourth-order valence-electron chi connectivity index (χ4n) is 3.98. The molecule has 0 amide bonds. The molecule has 1 saturated carbocycles. The second-order valence-electron chi connectivity index (χ2n) is 8.58. The molecule has 15 heteroatoms. The van der Waals surface area contributed by atoms with Gasteiger partial charge in [0.25, 0.3) is 5.56 Å². The molecule has 4 aromatic heterocycles. The van der Waals surface area contributed by atoms with Crippen LogP contribution in [0.1, 0.15) is 29.9 Å². The number of rotatable bonds is 4. The molecule has 0 aromatic carbocycles. The van der Waals surface area contributed by atoms with Crippen LogP contribution in [0.15, 0.2) is 58.0 Å². The van der Waals surface area contributed by atoms with Crippen LogP contribution in [0.5, 0.6) is 0 Å². The minimum atomic E-state index is -4.71. The average Bonchev–Trinajstić information content (AvgIpc) is 3.64. The zero-order valence-corrected chi connectivity index (χ0v) is 20.3. The van der Waals surface area contributed by atoms with Crippen LogP contribution in [-0.2, 0) is 12.7 Å². The van der Waals surface area contributed by atoms with Gasteiger partial charge in [0.1, 0.15) is 12.2 Å². The fraction of sp³-hybridized carbons (Fsp3) is 0.292. The molecule has 0 saturated heterocycles. The summed E-state index contributed by atoms with van der Waals surface area (Å²) in [6.07, 6.45) is -2.60. The molecule has 1 aliphatic carbocycles. The van der Waals surface area contributed by atoms with Crippen LogP contribution in [0.3, 0.4) is 0 Å². The lowest BCUT2D eigenvalue weighted by Crippen LogP contribution is -2.27. The number of aromatic amines is 2. The number of aromatic nitrogens is 6. The second kappa shape index (κ2) is 10.4. The van der Waals surface area contributed by atoms with Gasteiger partial charge in [-0.3, -0.25) is 14.8 Å². The number of hydrogen-bond acceptors (Lipinski definition) is 5. The van der Waals surface area contributed by atoms with Crippen molar-refractivity contribution < 1.29 is 26.3 Å². The Labute approximate surface area is 215 Å². The Balaban J connectivity index is 0.000000183. The van der Waals surface area contributed by atoms with Gasteiger partial charge in [-0.05, 0) is 37.0 Å². The highest BCUT2D eigenvalue weighted by Gasteiger charge is 2.37. The van der Waals surface area contributed by atoms with Crippen molar-refractivity contribution in [1.29, 1.82) is 0 Å². The molecule has 0 aliphatic heterocycles. The van der Waals surface area contributed by atoms with E-state index in [0.717, 1.165) is 36.2 Å². The van der Waals surface area contributed by atoms with Gasteiger partial charge < -0.3 is 9.55 Å². The van der Waals surface area contributed by atoms with Crippen LogP contribution < -0.4 is 16.7 Å². The van der Waals surface area contributed by atoms with Crippen molar-refractivity contribution in [3.8, 4) is 11.3 Å². The van der Waals surface area contributed by atoms with Gasteiger partial charge in [0.05, 0.1) is 16.8 Å². The van der Waals surface area contributed by atoms with E-state index in [1.807, 2.05) is 6.07 Å². The normalized spacial score (nSPS) is 14.3. The quantitative estimate of drug-likeness (QED) is 0.371. The topological polar surface area (TPSA) is 114 Å². The van der Waals surface area contributed by atoms with Crippen LogP contribution in [0.2, 0.25) is 0 Å². The van der Waals surface area contributed by atoms with Crippen molar-refractivity contribution in [2.75, 3.05) is 7.05 Å². The largest absolute Gasteiger partial charge is 0.418 e. The van der Waals surface area contributed by atoms with E-state index < -0.39 is 35.7 Å². The van der Waals surface area contributed by atoms with Gasteiger partial charge in [0, 0.05) is 42.8 Å². The number of pyridine rings is 1. The standard InChI is InChI=1S/C14H15N5O2.C10H6F6N2/c1-3-19-12(15-2)9(8-4-5-8)6-11(18-19)10-7-16-14(21)17-13(10)20;11-9(12,13)5-18-4-7(10(14,15)16)6-2-1-3-17-8(6)18/h3,6-8H,1,4-5H2,2H3,(H2,16,17,20,21);1-4H,5H2. The molecular weight excluding hydrogens is 532 g/mol. The lowest BCUT2D eigenvalue weighted by molar-refractivity contribution is -0.143. The number of nitrogens with one attached hydrogen (secondary N) is 2. The number of alkyl halides is 6. The second-order valence-corrected chi connectivity index (χ2v) is 8.58. The Hall–Kier alpha value is -4.43. The summed E-state index contributed by atoms with van der Waals surface area (Å²) >= 11 is 0. The minimum Gasteiger partial charge on any atom is -0.323 e. The molecular formula is C24H21F6N7O2. The summed E-state index contributed by atoms with van der Waals surface area (Å²) in [6, 6.07) is 4.20. The van der Waals surface area contributed by atoms with Crippen molar-refractivity contribution in [2.24, 2.45) is 4.99 Å². The first-order valence-corrected chi connectivity index (χ1v) is 11.4. The molecule has 4 heterocycles. The van der Waals surface area contributed by atoms with E-state index in [2.05, 4.69) is 31.6 Å². The fourth-order valence-corrected chi connectivity index (χ4v) is 3.98. The van der Waals surface area contributed by atoms with Crippen LogP contribution >= 0.6 is 0 Å². The van der Waals surface area contributed by atoms with Crippen LogP contribution in [0.25, 0.3) is 28.5 Å². The maximum absolute atomic E-state index is 12.6. The summed E-state index contributed by atoms with van der Waals surface area (Å²) in [5.74, 6) is 0.443. The highest BCUT2D eigenvalue weighted by Crippen LogP contribution is 2.39. The van der Waals surface area contributed by atoms with E-state index in [-0.39, 0.29) is 11.0 Å². The molecule has 1 fully saturated rings. The molecule has 0 unspecified atom stereocenters. The maximum Gasteiger partial charge on any atom is 0.418 e. The summed E-state index contributed by atoms with van der Waals surface area (Å²) in [4.78, 5) is 35.5. The zero-order valence-electron chi connectivity index (χ0n) is 20.3. The van der Waals surface area contributed by atoms with E-state index in [1.165, 1.54) is 12.3 Å². The van der Waals surface area contributed by atoms with Gasteiger partial charge in [-0.1, -0.05) is 6.58 Å². The van der Waals surface area contributed by atoms with Crippen molar-refractivity contribution in [1.82, 2.24) is 29.3 Å². The Morgan fingerprint density at radius 2 is 1.92 bits per heavy atom. The SMILES string of the molecule is C=Cn1nc(-c2c[nH]c(=O)[nH]c2=O)cc(C2CC2)c1=NC.FC(F)(F)Cn1cc(C(F)(F)F)c2cccnc21. The highest BCUT2D eigenvalue weighted by molar-refractivity contribution is 5.81. The monoisotopic (exact) mass is 553 g/mol. The summed E-state index contributed by atoms with van der Waals surface area (Å²) in [5.41, 5.74) is 0.145. The zero-order chi connectivity index (χ0) is 28.5. The van der Waals surface area contributed by atoms with E-state index in [0.29, 0.717) is 27.9 Å². The predicted molar refractivity (Wildman–Crippen MR) is 130 cm³/mol. The average molecular weight is 553 g/mol. The highest BCUT2D eigenvalue weighted by atomic mass is 19.4. The first kappa shape index (κ1) is 27.6. The van der Waals surface area contributed by atoms with Crippen LogP contribution in [-0.4, -0.2) is 42.5 Å². The molecule has 0 radical (unpaired) electrons. The molecule has 2 N–H and O–H groups in total.